The summed E-state index contributed by atoms with van der Waals surface area (Å²) in [5.74, 6) is 1.65. The third-order valence-electron chi connectivity index (χ3n) is 4.83. The summed E-state index contributed by atoms with van der Waals surface area (Å²) in [6.45, 7) is 2.74. The summed E-state index contributed by atoms with van der Waals surface area (Å²) in [7, 11) is -0.738. The number of fused-ring (bicyclic) bond motifs is 1. The number of nitrogens with one attached hydrogen (secondary N) is 1. The zero-order chi connectivity index (χ0) is 22.6. The van der Waals surface area contributed by atoms with Crippen LogP contribution in [0.25, 0.3) is 11.0 Å². The van der Waals surface area contributed by atoms with Crippen LogP contribution in [0.3, 0.4) is 0 Å². The van der Waals surface area contributed by atoms with Gasteiger partial charge in [-0.05, 0) is 36.8 Å². The molecule has 0 unspecified atom stereocenters. The minimum absolute atomic E-state index is 0.0112. The Morgan fingerprint density at radius 1 is 1.16 bits per heavy atom. The predicted molar refractivity (Wildman–Crippen MR) is 118 cm³/mol. The van der Waals surface area contributed by atoms with Gasteiger partial charge in [0.2, 0.25) is 15.9 Å². The van der Waals surface area contributed by atoms with E-state index in [0.717, 1.165) is 11.9 Å². The number of aryl methyl sites for hydroxylation is 2. The number of anilines is 1. The van der Waals surface area contributed by atoms with Crippen LogP contribution in [-0.4, -0.2) is 38.1 Å². The molecule has 0 aliphatic heterocycles. The van der Waals surface area contributed by atoms with Crippen LogP contribution in [0.2, 0.25) is 0 Å². The Kier molecular flexibility index (Phi) is 6.81. The van der Waals surface area contributed by atoms with Crippen LogP contribution in [0.1, 0.15) is 25.6 Å². The lowest BCUT2D eigenvalue weighted by Crippen LogP contribution is -2.14. The molecular formula is C21H26N4O5S. The molecule has 0 bridgehead atoms. The number of rotatable bonds is 9. The summed E-state index contributed by atoms with van der Waals surface area (Å²) >= 11 is 0. The van der Waals surface area contributed by atoms with Gasteiger partial charge in [0.1, 0.15) is 17.3 Å². The number of benzene rings is 2. The largest absolute Gasteiger partial charge is 0.497 e. The van der Waals surface area contributed by atoms with E-state index in [1.54, 1.807) is 31.4 Å². The van der Waals surface area contributed by atoms with Gasteiger partial charge in [0.25, 0.3) is 0 Å². The van der Waals surface area contributed by atoms with Gasteiger partial charge >= 0.3 is 0 Å². The number of amides is 1. The van der Waals surface area contributed by atoms with E-state index in [2.05, 4.69) is 10.3 Å². The monoisotopic (exact) mass is 446 g/mol. The van der Waals surface area contributed by atoms with E-state index in [1.165, 1.54) is 19.2 Å². The summed E-state index contributed by atoms with van der Waals surface area (Å²) < 4.78 is 35.8. The van der Waals surface area contributed by atoms with Gasteiger partial charge in [-0.15, -0.1) is 0 Å². The molecule has 0 fully saturated rings. The van der Waals surface area contributed by atoms with E-state index in [-0.39, 0.29) is 17.2 Å². The molecule has 10 heteroatoms. The average Bonchev–Trinajstić information content (AvgIpc) is 3.09. The topological polar surface area (TPSA) is 126 Å². The van der Waals surface area contributed by atoms with Gasteiger partial charge in [0.15, 0.2) is 0 Å². The number of carbonyl (C=O) groups is 1. The van der Waals surface area contributed by atoms with Crippen molar-refractivity contribution < 1.29 is 22.7 Å². The fourth-order valence-corrected chi connectivity index (χ4v) is 3.87. The molecule has 0 atom stereocenters. The number of sulfonamides is 1. The van der Waals surface area contributed by atoms with Gasteiger partial charge in [-0.2, -0.15) is 0 Å². The Balaban J connectivity index is 1.79. The minimum Gasteiger partial charge on any atom is -0.497 e. The molecule has 166 valence electrons. The second-order valence-electron chi connectivity index (χ2n) is 6.99. The number of imidazole rings is 1. The Morgan fingerprint density at radius 3 is 2.58 bits per heavy atom. The van der Waals surface area contributed by atoms with Crippen molar-refractivity contribution in [3.05, 3.63) is 42.2 Å². The molecule has 0 aliphatic rings. The van der Waals surface area contributed by atoms with Gasteiger partial charge in [-0.1, -0.05) is 6.92 Å². The number of methoxy groups -OCH3 is 2. The van der Waals surface area contributed by atoms with Crippen LogP contribution in [0.5, 0.6) is 11.5 Å². The third-order valence-corrected chi connectivity index (χ3v) is 5.74. The van der Waals surface area contributed by atoms with Crippen LogP contribution in [0.4, 0.5) is 5.69 Å². The van der Waals surface area contributed by atoms with E-state index < -0.39 is 10.0 Å². The van der Waals surface area contributed by atoms with Crippen molar-refractivity contribution in [3.63, 3.8) is 0 Å². The van der Waals surface area contributed by atoms with Crippen molar-refractivity contribution in [2.75, 3.05) is 19.5 Å². The summed E-state index contributed by atoms with van der Waals surface area (Å²) in [6, 6.07) is 9.78. The fraction of sp³-hybridized carbons (Fsp3) is 0.333. The fourth-order valence-electron chi connectivity index (χ4n) is 3.34. The van der Waals surface area contributed by atoms with Crippen molar-refractivity contribution in [1.82, 2.24) is 9.55 Å². The Morgan fingerprint density at radius 2 is 1.94 bits per heavy atom. The molecule has 3 aromatic rings. The molecule has 2 aromatic carbocycles. The van der Waals surface area contributed by atoms with Crippen LogP contribution in [-0.2, 0) is 27.8 Å². The van der Waals surface area contributed by atoms with Gasteiger partial charge in [0, 0.05) is 25.5 Å². The molecule has 1 amide bonds. The SMILES string of the molecule is CCCn1c(CCC(=O)Nc2ccc(OC)cc2OC)nc2cc(S(N)(=O)=O)ccc21. The molecule has 0 saturated heterocycles. The van der Waals surface area contributed by atoms with Gasteiger partial charge in [0.05, 0.1) is 35.8 Å². The lowest BCUT2D eigenvalue weighted by Gasteiger charge is -2.12. The van der Waals surface area contributed by atoms with E-state index in [0.29, 0.717) is 41.5 Å². The minimum atomic E-state index is -3.82. The maximum atomic E-state index is 12.5. The quantitative estimate of drug-likeness (QED) is 0.520. The van der Waals surface area contributed by atoms with Crippen molar-refractivity contribution >= 4 is 32.7 Å². The first-order chi connectivity index (χ1) is 14.8. The van der Waals surface area contributed by atoms with E-state index >= 15 is 0 Å². The van der Waals surface area contributed by atoms with Crippen molar-refractivity contribution in [2.24, 2.45) is 5.14 Å². The Labute approximate surface area is 181 Å². The summed E-state index contributed by atoms with van der Waals surface area (Å²) in [4.78, 5) is 17.1. The number of aromatic nitrogens is 2. The smallest absolute Gasteiger partial charge is 0.238 e. The zero-order valence-electron chi connectivity index (χ0n) is 17.7. The normalized spacial score (nSPS) is 11.5. The molecule has 0 aliphatic carbocycles. The second-order valence-corrected chi connectivity index (χ2v) is 8.55. The second kappa shape index (κ2) is 9.36. The molecule has 3 N–H and O–H groups in total. The maximum Gasteiger partial charge on any atom is 0.238 e. The lowest BCUT2D eigenvalue weighted by molar-refractivity contribution is -0.116. The number of hydrogen-bond donors (Lipinski definition) is 2. The number of nitrogens with zero attached hydrogens (tertiary/aromatic N) is 2. The molecule has 31 heavy (non-hydrogen) atoms. The third kappa shape index (κ3) is 5.15. The summed E-state index contributed by atoms with van der Waals surface area (Å²) in [5.41, 5.74) is 1.89. The molecular weight excluding hydrogens is 420 g/mol. The van der Waals surface area contributed by atoms with Crippen LogP contribution >= 0.6 is 0 Å². The van der Waals surface area contributed by atoms with Crippen LogP contribution < -0.4 is 19.9 Å². The first-order valence-electron chi connectivity index (χ1n) is 9.80. The number of primary sulfonamides is 1. The standard InChI is InChI=1S/C21H26N4O5S/c1-4-11-25-18-8-6-15(31(22,27)28)13-17(18)23-20(25)9-10-21(26)24-16-7-5-14(29-2)12-19(16)30-3/h5-8,12-13H,4,9-11H2,1-3H3,(H,24,26)(H2,22,27,28). The Bertz CT molecular complexity index is 1200. The highest BCUT2D eigenvalue weighted by molar-refractivity contribution is 7.89. The van der Waals surface area contributed by atoms with Crippen molar-refractivity contribution in [2.45, 2.75) is 37.6 Å². The number of ether oxygens (including phenoxy) is 2. The van der Waals surface area contributed by atoms with Crippen LogP contribution in [0.15, 0.2) is 41.3 Å². The molecule has 3 rings (SSSR count). The van der Waals surface area contributed by atoms with Gasteiger partial charge in [-0.3, -0.25) is 4.79 Å². The predicted octanol–water partition coefficient (Wildman–Crippen LogP) is 2.68. The summed E-state index contributed by atoms with van der Waals surface area (Å²) in [6.07, 6.45) is 1.46. The first-order valence-corrected chi connectivity index (χ1v) is 11.3. The van der Waals surface area contributed by atoms with E-state index in [1.807, 2.05) is 11.5 Å². The summed E-state index contributed by atoms with van der Waals surface area (Å²) in [5, 5.41) is 8.08. The molecule has 0 saturated carbocycles. The van der Waals surface area contributed by atoms with Gasteiger partial charge < -0.3 is 19.4 Å². The van der Waals surface area contributed by atoms with Crippen molar-refractivity contribution in [3.8, 4) is 11.5 Å². The lowest BCUT2D eigenvalue weighted by atomic mass is 10.2. The highest BCUT2D eigenvalue weighted by Crippen LogP contribution is 2.29. The highest BCUT2D eigenvalue weighted by Gasteiger charge is 2.16. The van der Waals surface area contributed by atoms with Gasteiger partial charge in [-0.25, -0.2) is 18.5 Å². The van der Waals surface area contributed by atoms with E-state index in [9.17, 15) is 13.2 Å². The van der Waals surface area contributed by atoms with E-state index in [4.69, 9.17) is 14.6 Å². The number of hydrogen-bond acceptors (Lipinski definition) is 6. The van der Waals surface area contributed by atoms with Crippen molar-refractivity contribution in [1.29, 1.82) is 0 Å². The molecule has 9 nitrogen and oxygen atoms in total. The highest BCUT2D eigenvalue weighted by atomic mass is 32.2. The zero-order valence-corrected chi connectivity index (χ0v) is 18.5. The number of nitrogens with two attached hydrogens (primary N) is 1. The number of carbonyl (C=O) groups excluding carboxylic acids is 1. The molecule has 0 spiro atoms. The van der Waals surface area contributed by atoms with Crippen LogP contribution in [0, 0.1) is 0 Å². The Hall–Kier alpha value is -3.11. The average molecular weight is 447 g/mol. The molecule has 1 heterocycles. The first kappa shape index (κ1) is 22.6. The molecule has 1 aromatic heterocycles. The maximum absolute atomic E-state index is 12.5. The molecule has 0 radical (unpaired) electrons.